The number of benzene rings is 2. The van der Waals surface area contributed by atoms with Crippen LogP contribution in [-0.4, -0.2) is 20.9 Å². The molecule has 0 amide bonds. The monoisotopic (exact) mass is 323 g/mol. The number of fused-ring (bicyclic) bond motifs is 1. The second kappa shape index (κ2) is 7.05. The van der Waals surface area contributed by atoms with E-state index in [9.17, 15) is 5.11 Å². The van der Waals surface area contributed by atoms with Gasteiger partial charge in [-0.3, -0.25) is 4.68 Å². The van der Waals surface area contributed by atoms with E-state index in [2.05, 4.69) is 42.5 Å². The summed E-state index contributed by atoms with van der Waals surface area (Å²) >= 11 is 0. The normalized spacial score (nSPS) is 12.6. The SMILES string of the molecule is Cc1ccc2c(c1)c(CN[C@H](C)CCc1ccc(O)cc1)nn2C. The fourth-order valence-corrected chi connectivity index (χ4v) is 3.00. The molecule has 1 heterocycles. The first-order chi connectivity index (χ1) is 11.5. The molecule has 3 aromatic rings. The van der Waals surface area contributed by atoms with E-state index in [4.69, 9.17) is 0 Å². The third-order valence-electron chi connectivity index (χ3n) is 4.50. The largest absolute Gasteiger partial charge is 0.508 e. The molecule has 0 unspecified atom stereocenters. The Morgan fingerprint density at radius 3 is 2.67 bits per heavy atom. The minimum absolute atomic E-state index is 0.322. The lowest BCUT2D eigenvalue weighted by molar-refractivity contribution is 0.474. The number of rotatable bonds is 6. The molecule has 4 nitrogen and oxygen atoms in total. The van der Waals surface area contributed by atoms with Crippen molar-refractivity contribution in [3.63, 3.8) is 0 Å². The highest BCUT2D eigenvalue weighted by atomic mass is 16.3. The fraction of sp³-hybridized carbons (Fsp3) is 0.350. The molecule has 0 saturated carbocycles. The zero-order valence-corrected chi connectivity index (χ0v) is 14.6. The first-order valence-corrected chi connectivity index (χ1v) is 8.46. The maximum atomic E-state index is 9.33. The van der Waals surface area contributed by atoms with Gasteiger partial charge in [-0.05, 0) is 56.5 Å². The molecule has 2 aromatic carbocycles. The number of aromatic nitrogens is 2. The van der Waals surface area contributed by atoms with Crippen molar-refractivity contribution in [1.29, 1.82) is 0 Å². The van der Waals surface area contributed by atoms with Gasteiger partial charge in [-0.25, -0.2) is 0 Å². The van der Waals surface area contributed by atoms with Gasteiger partial charge in [0, 0.05) is 25.0 Å². The van der Waals surface area contributed by atoms with Gasteiger partial charge in [-0.15, -0.1) is 0 Å². The van der Waals surface area contributed by atoms with Gasteiger partial charge in [-0.1, -0.05) is 23.8 Å². The molecule has 4 heteroatoms. The third kappa shape index (κ3) is 3.77. The molecule has 0 saturated heterocycles. The van der Waals surface area contributed by atoms with E-state index in [0.29, 0.717) is 11.8 Å². The lowest BCUT2D eigenvalue weighted by atomic mass is 10.1. The molecular formula is C20H25N3O. The predicted octanol–water partition coefficient (Wildman–Crippen LogP) is 3.70. The Hall–Kier alpha value is -2.33. The van der Waals surface area contributed by atoms with Crippen LogP contribution in [0.4, 0.5) is 0 Å². The van der Waals surface area contributed by atoms with Crippen LogP contribution in [0.25, 0.3) is 10.9 Å². The van der Waals surface area contributed by atoms with Gasteiger partial charge >= 0.3 is 0 Å². The van der Waals surface area contributed by atoms with Crippen LogP contribution in [-0.2, 0) is 20.0 Å². The van der Waals surface area contributed by atoms with Crippen molar-refractivity contribution >= 4 is 10.9 Å². The standard InChI is InChI=1S/C20H25N3O/c1-14-4-11-20-18(12-14)19(22-23(20)3)13-21-15(2)5-6-16-7-9-17(24)10-8-16/h4,7-12,15,21,24H,5-6,13H2,1-3H3/t15-/m1/s1. The first-order valence-electron chi connectivity index (χ1n) is 8.46. The summed E-state index contributed by atoms with van der Waals surface area (Å²) in [5.41, 5.74) is 4.79. The van der Waals surface area contributed by atoms with E-state index in [1.807, 2.05) is 23.9 Å². The fourth-order valence-electron chi connectivity index (χ4n) is 3.00. The average molecular weight is 323 g/mol. The highest BCUT2D eigenvalue weighted by molar-refractivity contribution is 5.82. The Bertz CT molecular complexity index is 821. The van der Waals surface area contributed by atoms with Crippen molar-refractivity contribution in [2.75, 3.05) is 0 Å². The molecule has 0 fully saturated rings. The number of aryl methyl sites for hydroxylation is 3. The quantitative estimate of drug-likeness (QED) is 0.727. The number of nitrogens with zero attached hydrogens (tertiary/aromatic N) is 2. The lowest BCUT2D eigenvalue weighted by Crippen LogP contribution is -2.26. The molecule has 0 bridgehead atoms. The van der Waals surface area contributed by atoms with Gasteiger partial charge in [0.1, 0.15) is 5.75 Å². The maximum Gasteiger partial charge on any atom is 0.115 e. The van der Waals surface area contributed by atoms with Crippen LogP contribution in [0.15, 0.2) is 42.5 Å². The second-order valence-electron chi connectivity index (χ2n) is 6.58. The molecule has 2 N–H and O–H groups in total. The molecule has 1 aromatic heterocycles. The molecule has 0 aliphatic carbocycles. The van der Waals surface area contributed by atoms with Crippen LogP contribution >= 0.6 is 0 Å². The van der Waals surface area contributed by atoms with E-state index in [1.165, 1.54) is 22.0 Å². The van der Waals surface area contributed by atoms with Gasteiger partial charge in [0.05, 0.1) is 11.2 Å². The number of aromatic hydroxyl groups is 1. The Balaban J connectivity index is 1.59. The van der Waals surface area contributed by atoms with Gasteiger partial charge in [0.2, 0.25) is 0 Å². The van der Waals surface area contributed by atoms with Crippen molar-refractivity contribution in [1.82, 2.24) is 15.1 Å². The summed E-state index contributed by atoms with van der Waals surface area (Å²) in [5.74, 6) is 0.322. The lowest BCUT2D eigenvalue weighted by Gasteiger charge is -2.13. The highest BCUT2D eigenvalue weighted by Gasteiger charge is 2.10. The van der Waals surface area contributed by atoms with E-state index < -0.39 is 0 Å². The van der Waals surface area contributed by atoms with Crippen molar-refractivity contribution in [2.45, 2.75) is 39.3 Å². The van der Waals surface area contributed by atoms with Crippen LogP contribution in [0, 0.1) is 6.92 Å². The van der Waals surface area contributed by atoms with E-state index in [1.54, 1.807) is 12.1 Å². The number of hydrogen-bond acceptors (Lipinski definition) is 3. The summed E-state index contributed by atoms with van der Waals surface area (Å²) in [6.45, 7) is 5.10. The Morgan fingerprint density at radius 1 is 1.17 bits per heavy atom. The smallest absolute Gasteiger partial charge is 0.115 e. The van der Waals surface area contributed by atoms with Gasteiger partial charge in [0.15, 0.2) is 0 Å². The molecule has 0 radical (unpaired) electrons. The zero-order chi connectivity index (χ0) is 17.1. The molecule has 0 aliphatic rings. The van der Waals surface area contributed by atoms with Crippen LogP contribution < -0.4 is 5.32 Å². The number of phenols is 1. The molecular weight excluding hydrogens is 298 g/mol. The summed E-state index contributed by atoms with van der Waals surface area (Å²) in [6.07, 6.45) is 2.05. The van der Waals surface area contributed by atoms with Gasteiger partial charge in [-0.2, -0.15) is 5.10 Å². The minimum atomic E-state index is 0.322. The summed E-state index contributed by atoms with van der Waals surface area (Å²) < 4.78 is 1.95. The maximum absolute atomic E-state index is 9.33. The van der Waals surface area contributed by atoms with Crippen molar-refractivity contribution < 1.29 is 5.11 Å². The van der Waals surface area contributed by atoms with Crippen LogP contribution in [0.1, 0.15) is 30.2 Å². The number of nitrogens with one attached hydrogen (secondary N) is 1. The third-order valence-corrected chi connectivity index (χ3v) is 4.50. The summed E-state index contributed by atoms with van der Waals surface area (Å²) in [7, 11) is 2.00. The minimum Gasteiger partial charge on any atom is -0.508 e. The predicted molar refractivity (Wildman–Crippen MR) is 98.2 cm³/mol. The molecule has 0 aliphatic heterocycles. The molecule has 1 atom stereocenters. The first kappa shape index (κ1) is 16.5. The molecule has 3 rings (SSSR count). The number of phenolic OH excluding ortho intramolecular Hbond substituents is 1. The van der Waals surface area contributed by atoms with Gasteiger partial charge < -0.3 is 10.4 Å². The van der Waals surface area contributed by atoms with Crippen LogP contribution in [0.2, 0.25) is 0 Å². The summed E-state index contributed by atoms with van der Waals surface area (Å²) in [5, 5.41) is 18.8. The highest BCUT2D eigenvalue weighted by Crippen LogP contribution is 2.19. The van der Waals surface area contributed by atoms with E-state index in [0.717, 1.165) is 25.1 Å². The molecule has 0 spiro atoms. The van der Waals surface area contributed by atoms with Crippen LogP contribution in [0.3, 0.4) is 0 Å². The van der Waals surface area contributed by atoms with Crippen molar-refractivity contribution in [2.24, 2.45) is 7.05 Å². The van der Waals surface area contributed by atoms with Crippen LogP contribution in [0.5, 0.6) is 5.75 Å². The van der Waals surface area contributed by atoms with Crippen molar-refractivity contribution in [3.05, 3.63) is 59.3 Å². The molecule has 126 valence electrons. The van der Waals surface area contributed by atoms with Gasteiger partial charge in [0.25, 0.3) is 0 Å². The Morgan fingerprint density at radius 2 is 1.92 bits per heavy atom. The summed E-state index contributed by atoms with van der Waals surface area (Å²) in [4.78, 5) is 0. The zero-order valence-electron chi connectivity index (χ0n) is 14.6. The van der Waals surface area contributed by atoms with E-state index >= 15 is 0 Å². The Kier molecular flexibility index (Phi) is 4.86. The topological polar surface area (TPSA) is 50.1 Å². The average Bonchev–Trinajstić information content (AvgIpc) is 2.88. The Labute approximate surface area is 143 Å². The molecule has 24 heavy (non-hydrogen) atoms. The summed E-state index contributed by atoms with van der Waals surface area (Å²) in [6, 6.07) is 14.3. The van der Waals surface area contributed by atoms with E-state index in [-0.39, 0.29) is 0 Å². The van der Waals surface area contributed by atoms with Crippen molar-refractivity contribution in [3.8, 4) is 5.75 Å². The number of hydrogen-bond donors (Lipinski definition) is 2. The second-order valence-corrected chi connectivity index (χ2v) is 6.58.